The highest BCUT2D eigenvalue weighted by Crippen LogP contribution is 2.29. The van der Waals surface area contributed by atoms with E-state index in [0.29, 0.717) is 16.8 Å². The number of hydrogen-bond acceptors (Lipinski definition) is 3. The van der Waals surface area contributed by atoms with Crippen LogP contribution in [0.1, 0.15) is 10.4 Å². The van der Waals surface area contributed by atoms with E-state index in [9.17, 15) is 4.79 Å². The van der Waals surface area contributed by atoms with E-state index < -0.39 is 5.91 Å². The molecule has 0 saturated heterocycles. The van der Waals surface area contributed by atoms with Crippen molar-refractivity contribution in [2.75, 3.05) is 5.73 Å². The molecule has 2 aromatic carbocycles. The van der Waals surface area contributed by atoms with Crippen LogP contribution in [-0.2, 0) is 0 Å². The molecule has 0 spiro atoms. The third kappa shape index (κ3) is 1.39. The quantitative estimate of drug-likeness (QED) is 0.635. The number of aromatic nitrogens is 1. The Labute approximate surface area is 103 Å². The maximum absolute atomic E-state index is 11.4. The number of nitrogen functional groups attached to an aromatic ring is 1. The number of amides is 1. The summed E-state index contributed by atoms with van der Waals surface area (Å²) in [5, 5.41) is 1.64. The molecular formula is C14H11N3O. The van der Waals surface area contributed by atoms with E-state index in [0.717, 1.165) is 16.3 Å². The van der Waals surface area contributed by atoms with Crippen LogP contribution < -0.4 is 11.5 Å². The van der Waals surface area contributed by atoms with Gasteiger partial charge < -0.3 is 11.5 Å². The third-order valence-corrected chi connectivity index (χ3v) is 3.02. The first kappa shape index (κ1) is 10.5. The van der Waals surface area contributed by atoms with Gasteiger partial charge in [-0.3, -0.25) is 4.79 Å². The molecule has 3 rings (SSSR count). The summed E-state index contributed by atoms with van der Waals surface area (Å²) < 4.78 is 0. The van der Waals surface area contributed by atoms with Crippen LogP contribution in [0.5, 0.6) is 0 Å². The van der Waals surface area contributed by atoms with Crippen LogP contribution in [0.4, 0.5) is 5.69 Å². The smallest absolute Gasteiger partial charge is 0.250 e. The van der Waals surface area contributed by atoms with Crippen LogP contribution in [0, 0.1) is 0 Å². The number of para-hydroxylation sites is 2. The highest BCUT2D eigenvalue weighted by atomic mass is 16.1. The van der Waals surface area contributed by atoms with Crippen molar-refractivity contribution in [2.45, 2.75) is 0 Å². The summed E-state index contributed by atoms with van der Waals surface area (Å²) in [6.07, 6.45) is 0. The molecule has 4 N–H and O–H groups in total. The summed E-state index contributed by atoms with van der Waals surface area (Å²) in [7, 11) is 0. The lowest BCUT2D eigenvalue weighted by Crippen LogP contribution is -2.12. The topological polar surface area (TPSA) is 82.0 Å². The second kappa shape index (κ2) is 3.70. The van der Waals surface area contributed by atoms with Gasteiger partial charge in [0.05, 0.1) is 22.3 Å². The molecule has 0 aliphatic carbocycles. The van der Waals surface area contributed by atoms with Crippen molar-refractivity contribution in [1.29, 1.82) is 0 Å². The minimum Gasteiger partial charge on any atom is -0.398 e. The first-order chi connectivity index (χ1) is 8.68. The Morgan fingerprint density at radius 3 is 2.50 bits per heavy atom. The Bertz CT molecular complexity index is 780. The van der Waals surface area contributed by atoms with Crippen molar-refractivity contribution in [3.8, 4) is 0 Å². The van der Waals surface area contributed by atoms with Gasteiger partial charge in [0.25, 0.3) is 5.91 Å². The summed E-state index contributed by atoms with van der Waals surface area (Å²) in [4.78, 5) is 15.9. The Morgan fingerprint density at radius 2 is 1.72 bits per heavy atom. The fourth-order valence-corrected chi connectivity index (χ4v) is 2.14. The molecule has 0 aliphatic rings. The van der Waals surface area contributed by atoms with Crippen molar-refractivity contribution in [3.05, 3.63) is 48.0 Å². The van der Waals surface area contributed by atoms with Crippen LogP contribution >= 0.6 is 0 Å². The summed E-state index contributed by atoms with van der Waals surface area (Å²) in [5.74, 6) is -0.497. The zero-order valence-corrected chi connectivity index (χ0v) is 9.55. The molecule has 1 heterocycles. The Morgan fingerprint density at radius 1 is 1.00 bits per heavy atom. The van der Waals surface area contributed by atoms with Gasteiger partial charge in [0.15, 0.2) is 0 Å². The van der Waals surface area contributed by atoms with Gasteiger partial charge in [0, 0.05) is 10.8 Å². The van der Waals surface area contributed by atoms with E-state index in [1.165, 1.54) is 0 Å². The van der Waals surface area contributed by atoms with Crippen molar-refractivity contribution in [3.63, 3.8) is 0 Å². The minimum atomic E-state index is -0.497. The number of benzene rings is 2. The van der Waals surface area contributed by atoms with Crippen LogP contribution in [0.2, 0.25) is 0 Å². The average Bonchev–Trinajstić information content (AvgIpc) is 2.38. The van der Waals surface area contributed by atoms with E-state index in [-0.39, 0.29) is 0 Å². The monoisotopic (exact) mass is 237 g/mol. The molecule has 4 heteroatoms. The fraction of sp³-hybridized carbons (Fsp3) is 0. The number of anilines is 1. The number of carbonyl (C=O) groups is 1. The maximum Gasteiger partial charge on any atom is 0.250 e. The van der Waals surface area contributed by atoms with Crippen LogP contribution in [0.25, 0.3) is 21.8 Å². The van der Waals surface area contributed by atoms with Crippen molar-refractivity contribution in [1.82, 2.24) is 4.98 Å². The van der Waals surface area contributed by atoms with Crippen molar-refractivity contribution in [2.24, 2.45) is 5.73 Å². The Kier molecular flexibility index (Phi) is 2.16. The molecule has 4 nitrogen and oxygen atoms in total. The number of nitrogens with two attached hydrogens (primary N) is 2. The lowest BCUT2D eigenvalue weighted by atomic mass is 10.0. The van der Waals surface area contributed by atoms with Gasteiger partial charge in [-0.15, -0.1) is 0 Å². The molecular weight excluding hydrogens is 226 g/mol. The first-order valence-electron chi connectivity index (χ1n) is 5.55. The Hall–Kier alpha value is -2.62. The van der Waals surface area contributed by atoms with Crippen molar-refractivity contribution >= 4 is 33.4 Å². The average molecular weight is 237 g/mol. The van der Waals surface area contributed by atoms with Crippen molar-refractivity contribution < 1.29 is 4.79 Å². The van der Waals surface area contributed by atoms with Gasteiger partial charge in [-0.2, -0.15) is 0 Å². The highest BCUT2D eigenvalue weighted by Gasteiger charge is 2.11. The van der Waals surface area contributed by atoms with Gasteiger partial charge in [0.1, 0.15) is 0 Å². The van der Waals surface area contributed by atoms with E-state index in [1.54, 1.807) is 12.1 Å². The standard InChI is InChI=1S/C14H11N3O/c15-12-8-4-1-2-7-11(8)17-13-9(12)5-3-6-10(13)14(16)18/h1-7H,(H2,15,17)(H2,16,18). The zero-order chi connectivity index (χ0) is 12.7. The Balaban J connectivity index is 2.55. The van der Waals surface area contributed by atoms with Gasteiger partial charge >= 0.3 is 0 Å². The number of primary amides is 1. The normalized spacial score (nSPS) is 10.9. The van der Waals surface area contributed by atoms with Gasteiger partial charge in [-0.05, 0) is 12.1 Å². The SMILES string of the molecule is NC(=O)c1cccc2c(N)c3ccccc3nc12. The second-order valence-electron chi connectivity index (χ2n) is 4.11. The maximum atomic E-state index is 11.4. The van der Waals surface area contributed by atoms with E-state index >= 15 is 0 Å². The summed E-state index contributed by atoms with van der Waals surface area (Å²) in [6.45, 7) is 0. The molecule has 0 radical (unpaired) electrons. The second-order valence-corrected chi connectivity index (χ2v) is 4.11. The van der Waals surface area contributed by atoms with E-state index in [2.05, 4.69) is 4.98 Å². The van der Waals surface area contributed by atoms with E-state index in [1.807, 2.05) is 30.3 Å². The van der Waals surface area contributed by atoms with Crippen LogP contribution in [0.3, 0.4) is 0 Å². The summed E-state index contributed by atoms with van der Waals surface area (Å²) in [5.41, 5.74) is 13.8. The molecule has 0 unspecified atom stereocenters. The summed E-state index contributed by atoms with van der Waals surface area (Å²) in [6, 6.07) is 12.8. The molecule has 0 fully saturated rings. The van der Waals surface area contributed by atoms with E-state index in [4.69, 9.17) is 11.5 Å². The van der Waals surface area contributed by atoms with Gasteiger partial charge in [-0.25, -0.2) is 4.98 Å². The largest absolute Gasteiger partial charge is 0.398 e. The number of carbonyl (C=O) groups excluding carboxylic acids is 1. The van der Waals surface area contributed by atoms with Gasteiger partial charge in [-0.1, -0.05) is 30.3 Å². The number of fused-ring (bicyclic) bond motifs is 2. The lowest BCUT2D eigenvalue weighted by molar-refractivity contribution is 0.100. The lowest BCUT2D eigenvalue weighted by Gasteiger charge is -2.08. The molecule has 1 amide bonds. The number of pyridine rings is 1. The predicted molar refractivity (Wildman–Crippen MR) is 72.2 cm³/mol. The predicted octanol–water partition coefficient (Wildman–Crippen LogP) is 2.07. The highest BCUT2D eigenvalue weighted by molar-refractivity contribution is 6.13. The van der Waals surface area contributed by atoms with Crippen LogP contribution in [0.15, 0.2) is 42.5 Å². The van der Waals surface area contributed by atoms with Crippen LogP contribution in [-0.4, -0.2) is 10.9 Å². The number of rotatable bonds is 1. The molecule has 0 bridgehead atoms. The first-order valence-corrected chi connectivity index (χ1v) is 5.55. The minimum absolute atomic E-state index is 0.393. The third-order valence-electron chi connectivity index (χ3n) is 3.02. The number of nitrogens with zero attached hydrogens (tertiary/aromatic N) is 1. The zero-order valence-electron chi connectivity index (χ0n) is 9.55. The molecule has 1 aromatic heterocycles. The number of hydrogen-bond donors (Lipinski definition) is 2. The van der Waals surface area contributed by atoms with Gasteiger partial charge in [0.2, 0.25) is 0 Å². The molecule has 0 saturated carbocycles. The molecule has 0 aliphatic heterocycles. The molecule has 88 valence electrons. The molecule has 18 heavy (non-hydrogen) atoms. The molecule has 3 aromatic rings. The molecule has 0 atom stereocenters. The summed E-state index contributed by atoms with van der Waals surface area (Å²) >= 11 is 0. The fourth-order valence-electron chi connectivity index (χ4n) is 2.14.